The van der Waals surface area contributed by atoms with Crippen molar-refractivity contribution in [2.75, 3.05) is 18.4 Å². The van der Waals surface area contributed by atoms with Gasteiger partial charge in [-0.3, -0.25) is 9.59 Å². The number of nitrogens with one attached hydrogen (secondary N) is 1. The molecule has 0 radical (unpaired) electrons. The molecule has 1 unspecified atom stereocenters. The molecule has 1 amide bonds. The zero-order chi connectivity index (χ0) is 24.7. The Morgan fingerprint density at radius 1 is 1.09 bits per heavy atom. The Balaban J connectivity index is 1.66. The number of rotatable bonds is 6. The van der Waals surface area contributed by atoms with Gasteiger partial charge in [0, 0.05) is 25.7 Å². The molecular weight excluding hydrogens is 456 g/mol. The van der Waals surface area contributed by atoms with Crippen LogP contribution in [0.3, 0.4) is 0 Å². The molecule has 10 heteroatoms. The first-order valence-electron chi connectivity index (χ1n) is 10.4. The lowest BCUT2D eigenvalue weighted by Crippen LogP contribution is -2.43. The number of hydrogen-bond donors (Lipinski definition) is 1. The third-order valence-electron chi connectivity index (χ3n) is 5.18. The summed E-state index contributed by atoms with van der Waals surface area (Å²) in [6.45, 7) is 1.66. The van der Waals surface area contributed by atoms with Gasteiger partial charge in [-0.15, -0.1) is 0 Å². The number of benzene rings is 2. The van der Waals surface area contributed by atoms with E-state index < -0.39 is 21.9 Å². The van der Waals surface area contributed by atoms with Crippen LogP contribution in [0.5, 0.6) is 5.75 Å². The van der Waals surface area contributed by atoms with Crippen LogP contribution in [-0.4, -0.2) is 37.7 Å². The summed E-state index contributed by atoms with van der Waals surface area (Å²) >= 11 is 0. The molecule has 0 saturated carbocycles. The molecule has 1 fully saturated rings. The average Bonchev–Trinajstić information content (AvgIpc) is 2.83. The molecule has 1 heterocycles. The number of piperidine rings is 1. The summed E-state index contributed by atoms with van der Waals surface area (Å²) < 4.78 is 32.8. The number of ether oxygens (including phenoxy) is 1. The number of allylic oxidation sites excluding steroid dienone is 1. The van der Waals surface area contributed by atoms with Crippen molar-refractivity contribution in [2.24, 2.45) is 5.92 Å². The number of sulfonamides is 1. The molecule has 1 aliphatic rings. The van der Waals surface area contributed by atoms with E-state index in [2.05, 4.69) is 5.32 Å². The van der Waals surface area contributed by atoms with Gasteiger partial charge in [0.2, 0.25) is 15.9 Å². The summed E-state index contributed by atoms with van der Waals surface area (Å²) in [7, 11) is -3.82. The Kier molecular flexibility index (Phi) is 7.79. The normalized spacial score (nSPS) is 15.9. The zero-order valence-electron chi connectivity index (χ0n) is 18.4. The molecule has 1 saturated heterocycles. The van der Waals surface area contributed by atoms with Crippen LogP contribution in [0.4, 0.5) is 5.69 Å². The topological polar surface area (TPSA) is 140 Å². The van der Waals surface area contributed by atoms with Crippen molar-refractivity contribution in [3.8, 4) is 17.9 Å². The van der Waals surface area contributed by atoms with Crippen LogP contribution in [0.15, 0.2) is 59.0 Å². The van der Waals surface area contributed by atoms with E-state index in [1.807, 2.05) is 0 Å². The summed E-state index contributed by atoms with van der Waals surface area (Å²) in [5.41, 5.74) is 1.06. The lowest BCUT2D eigenvalue weighted by molar-refractivity contribution is -0.140. The summed E-state index contributed by atoms with van der Waals surface area (Å²) in [4.78, 5) is 23.9. The number of amides is 1. The Morgan fingerprint density at radius 2 is 1.74 bits per heavy atom. The van der Waals surface area contributed by atoms with Crippen LogP contribution in [0.1, 0.15) is 25.3 Å². The third-order valence-corrected chi connectivity index (χ3v) is 7.06. The second-order valence-electron chi connectivity index (χ2n) is 7.68. The molecule has 1 N–H and O–H groups in total. The van der Waals surface area contributed by atoms with Crippen LogP contribution in [0.2, 0.25) is 0 Å². The molecule has 1 aliphatic heterocycles. The highest BCUT2D eigenvalue weighted by molar-refractivity contribution is 7.89. The number of hydrogen-bond acceptors (Lipinski definition) is 7. The minimum Gasteiger partial charge on any atom is -0.426 e. The van der Waals surface area contributed by atoms with Gasteiger partial charge in [-0.25, -0.2) is 8.42 Å². The van der Waals surface area contributed by atoms with Crippen molar-refractivity contribution in [3.05, 3.63) is 59.7 Å². The number of nitrogens with zero attached hydrogens (tertiary/aromatic N) is 3. The van der Waals surface area contributed by atoms with Gasteiger partial charge in [0.15, 0.2) is 0 Å². The molecule has 0 bridgehead atoms. The summed E-state index contributed by atoms with van der Waals surface area (Å²) in [5.74, 6) is -1.12. The predicted octanol–water partition coefficient (Wildman–Crippen LogP) is 3.08. The second kappa shape index (κ2) is 10.8. The van der Waals surface area contributed by atoms with Crippen molar-refractivity contribution < 1.29 is 22.7 Å². The number of carbonyl (C=O) groups is 2. The van der Waals surface area contributed by atoms with E-state index in [4.69, 9.17) is 15.3 Å². The highest BCUT2D eigenvalue weighted by Gasteiger charge is 2.34. The van der Waals surface area contributed by atoms with Gasteiger partial charge in [-0.2, -0.15) is 14.8 Å². The largest absolute Gasteiger partial charge is 0.426 e. The van der Waals surface area contributed by atoms with Crippen LogP contribution in [-0.2, 0) is 19.6 Å². The molecule has 174 valence electrons. The van der Waals surface area contributed by atoms with Crippen molar-refractivity contribution in [3.63, 3.8) is 0 Å². The van der Waals surface area contributed by atoms with E-state index in [1.165, 1.54) is 41.6 Å². The second-order valence-corrected chi connectivity index (χ2v) is 9.62. The van der Waals surface area contributed by atoms with Gasteiger partial charge in [-0.1, -0.05) is 12.1 Å². The van der Waals surface area contributed by atoms with Gasteiger partial charge in [0.1, 0.15) is 23.5 Å². The van der Waals surface area contributed by atoms with Crippen molar-refractivity contribution in [1.82, 2.24) is 4.31 Å². The van der Waals surface area contributed by atoms with E-state index in [1.54, 1.807) is 36.4 Å². The quantitative estimate of drug-likeness (QED) is 0.382. The van der Waals surface area contributed by atoms with Gasteiger partial charge in [-0.05, 0) is 60.9 Å². The number of nitriles is 2. The highest BCUT2D eigenvalue weighted by Crippen LogP contribution is 2.26. The van der Waals surface area contributed by atoms with E-state index in [0.717, 1.165) is 0 Å². The molecule has 3 rings (SSSR count). The highest BCUT2D eigenvalue weighted by atomic mass is 32.2. The van der Waals surface area contributed by atoms with E-state index in [9.17, 15) is 18.0 Å². The predicted molar refractivity (Wildman–Crippen MR) is 124 cm³/mol. The van der Waals surface area contributed by atoms with Crippen molar-refractivity contribution in [2.45, 2.75) is 24.7 Å². The van der Waals surface area contributed by atoms with Crippen LogP contribution in [0.25, 0.3) is 6.08 Å². The molecule has 34 heavy (non-hydrogen) atoms. The third kappa shape index (κ3) is 6.07. The lowest BCUT2D eigenvalue weighted by atomic mass is 10.00. The molecule has 2 aromatic carbocycles. The monoisotopic (exact) mass is 478 g/mol. The summed E-state index contributed by atoms with van der Waals surface area (Å²) in [5, 5.41) is 20.2. The minimum atomic E-state index is -3.82. The average molecular weight is 479 g/mol. The summed E-state index contributed by atoms with van der Waals surface area (Å²) in [6.07, 6.45) is 2.43. The van der Waals surface area contributed by atoms with Gasteiger partial charge in [0.25, 0.3) is 0 Å². The maximum absolute atomic E-state index is 13.1. The summed E-state index contributed by atoms with van der Waals surface area (Å²) in [6, 6.07) is 15.7. The first-order valence-corrected chi connectivity index (χ1v) is 11.9. The minimum absolute atomic E-state index is 0.00311. The van der Waals surface area contributed by atoms with Crippen molar-refractivity contribution in [1.29, 1.82) is 10.5 Å². The SMILES string of the molecule is CC(=O)Nc1ccc(S(=O)(=O)N2CCCC(C(=O)Oc3ccc(C=C(C#N)C#N)cc3)C2)cc1. The van der Waals surface area contributed by atoms with Gasteiger partial charge in [0.05, 0.1) is 10.8 Å². The molecule has 9 nitrogen and oxygen atoms in total. The number of anilines is 1. The van der Waals surface area contributed by atoms with Crippen LogP contribution in [0, 0.1) is 28.6 Å². The molecule has 2 aromatic rings. The zero-order valence-corrected chi connectivity index (χ0v) is 19.2. The fourth-order valence-electron chi connectivity index (χ4n) is 3.50. The van der Waals surface area contributed by atoms with Gasteiger partial charge >= 0.3 is 5.97 Å². The van der Waals surface area contributed by atoms with Gasteiger partial charge < -0.3 is 10.1 Å². The molecule has 0 aliphatic carbocycles. The van der Waals surface area contributed by atoms with Crippen LogP contribution >= 0.6 is 0 Å². The Bertz CT molecular complexity index is 1270. The standard InChI is InChI=1S/C24H22N4O5S/c1-17(29)27-21-6-10-23(11-7-21)34(31,32)28-12-2-3-20(16-28)24(30)33-22-8-4-18(5-9-22)13-19(14-25)15-26/h4-11,13,20H,2-3,12,16H2,1H3,(H,27,29). The lowest BCUT2D eigenvalue weighted by Gasteiger charge is -2.30. The van der Waals surface area contributed by atoms with Crippen LogP contribution < -0.4 is 10.1 Å². The maximum atomic E-state index is 13.1. The Hall–Kier alpha value is -3.99. The van der Waals surface area contributed by atoms with E-state index in [0.29, 0.717) is 30.6 Å². The smallest absolute Gasteiger partial charge is 0.315 e. The number of esters is 1. The Labute approximate surface area is 197 Å². The first kappa shape index (κ1) is 24.6. The molecular formula is C24H22N4O5S. The fourth-order valence-corrected chi connectivity index (χ4v) is 5.03. The number of carbonyl (C=O) groups excluding carboxylic acids is 2. The van der Waals surface area contributed by atoms with E-state index >= 15 is 0 Å². The molecule has 0 aromatic heterocycles. The Morgan fingerprint density at radius 3 is 2.32 bits per heavy atom. The molecule has 1 atom stereocenters. The first-order chi connectivity index (χ1) is 16.2. The van der Waals surface area contributed by atoms with Crippen molar-refractivity contribution >= 4 is 33.7 Å². The molecule has 0 spiro atoms. The fraction of sp³-hybridized carbons (Fsp3) is 0.250. The maximum Gasteiger partial charge on any atom is 0.315 e. The van der Waals surface area contributed by atoms with E-state index in [-0.39, 0.29) is 28.7 Å².